The summed E-state index contributed by atoms with van der Waals surface area (Å²) in [6.45, 7) is 1.23. The molecular formula is C30H27NO9. The Balaban J connectivity index is 2.38. The first-order chi connectivity index (χ1) is 19.2. The van der Waals surface area contributed by atoms with Crippen molar-refractivity contribution in [1.82, 2.24) is 4.98 Å². The van der Waals surface area contributed by atoms with Gasteiger partial charge in [-0.25, -0.2) is 19.2 Å². The van der Waals surface area contributed by atoms with Crippen LogP contribution in [0.1, 0.15) is 29.7 Å². The zero-order valence-corrected chi connectivity index (χ0v) is 22.5. The molecule has 1 aliphatic rings. The summed E-state index contributed by atoms with van der Waals surface area (Å²) in [4.78, 5) is 70.7. The van der Waals surface area contributed by atoms with Crippen molar-refractivity contribution in [2.75, 3.05) is 28.4 Å². The van der Waals surface area contributed by atoms with Gasteiger partial charge in [0.2, 0.25) is 0 Å². The molecule has 206 valence electrons. The van der Waals surface area contributed by atoms with Crippen LogP contribution in [-0.4, -0.2) is 63.1 Å². The first-order valence-corrected chi connectivity index (χ1v) is 12.2. The molecule has 1 heterocycles. The Kier molecular flexibility index (Phi) is 7.72. The molecule has 1 aliphatic carbocycles. The van der Waals surface area contributed by atoms with Crippen molar-refractivity contribution in [2.45, 2.75) is 18.3 Å². The average molecular weight is 546 g/mol. The number of aromatic nitrogens is 1. The molecule has 0 spiro atoms. The van der Waals surface area contributed by atoms with Crippen molar-refractivity contribution < 1.29 is 42.9 Å². The van der Waals surface area contributed by atoms with E-state index in [1.54, 1.807) is 54.6 Å². The second kappa shape index (κ2) is 11.0. The Labute approximate surface area is 229 Å². The van der Waals surface area contributed by atoms with Crippen LogP contribution in [-0.2, 0) is 48.3 Å². The van der Waals surface area contributed by atoms with Crippen LogP contribution in [0.3, 0.4) is 0 Å². The summed E-state index contributed by atoms with van der Waals surface area (Å²) >= 11 is 0. The molecule has 0 saturated carbocycles. The number of Topliss-reactive ketones (excluding diaryl/α,β-unsaturated/α-hetero) is 1. The molecule has 0 aliphatic heterocycles. The number of fused-ring (bicyclic) bond motifs is 3. The van der Waals surface area contributed by atoms with Gasteiger partial charge in [-0.05, 0) is 18.6 Å². The van der Waals surface area contributed by atoms with E-state index in [4.69, 9.17) is 18.9 Å². The molecule has 3 aromatic rings. The van der Waals surface area contributed by atoms with Crippen LogP contribution in [0.15, 0.2) is 71.8 Å². The number of aromatic amines is 1. The van der Waals surface area contributed by atoms with Crippen LogP contribution in [0, 0.1) is 0 Å². The van der Waals surface area contributed by atoms with Gasteiger partial charge in [0.25, 0.3) is 0 Å². The van der Waals surface area contributed by atoms with E-state index in [9.17, 15) is 24.0 Å². The fourth-order valence-corrected chi connectivity index (χ4v) is 5.52. The Morgan fingerprint density at radius 2 is 1.43 bits per heavy atom. The van der Waals surface area contributed by atoms with E-state index in [0.29, 0.717) is 16.5 Å². The highest BCUT2D eigenvalue weighted by molar-refractivity contribution is 6.29. The molecule has 40 heavy (non-hydrogen) atoms. The molecule has 2 atom stereocenters. The van der Waals surface area contributed by atoms with Gasteiger partial charge >= 0.3 is 23.9 Å². The summed E-state index contributed by atoms with van der Waals surface area (Å²) in [7, 11) is 4.52. The van der Waals surface area contributed by atoms with E-state index >= 15 is 0 Å². The smallest absolute Gasteiger partial charge is 0.339 e. The Morgan fingerprint density at radius 1 is 0.800 bits per heavy atom. The van der Waals surface area contributed by atoms with Gasteiger partial charge in [-0.2, -0.15) is 0 Å². The fourth-order valence-electron chi connectivity index (χ4n) is 5.52. The minimum absolute atomic E-state index is 0.101. The lowest BCUT2D eigenvalue weighted by Crippen LogP contribution is -2.50. The maximum absolute atomic E-state index is 14.2. The summed E-state index contributed by atoms with van der Waals surface area (Å²) in [5.74, 6) is -5.72. The summed E-state index contributed by atoms with van der Waals surface area (Å²) in [6, 6.07) is 15.2. The highest BCUT2D eigenvalue weighted by Crippen LogP contribution is 2.57. The third kappa shape index (κ3) is 4.17. The number of para-hydroxylation sites is 1. The monoisotopic (exact) mass is 545 g/mol. The second-order valence-corrected chi connectivity index (χ2v) is 8.97. The van der Waals surface area contributed by atoms with Gasteiger partial charge in [0, 0.05) is 34.2 Å². The number of ether oxygens (including phenoxy) is 4. The zero-order chi connectivity index (χ0) is 29.2. The number of benzene rings is 2. The molecule has 1 N–H and O–H groups in total. The summed E-state index contributed by atoms with van der Waals surface area (Å²) in [6.07, 6.45) is 0.872. The number of H-pyrrole nitrogens is 1. The normalized spacial score (nSPS) is 18.5. The quantitative estimate of drug-likeness (QED) is 0.269. The number of hydrogen-bond donors (Lipinski definition) is 1. The predicted octanol–water partition coefficient (Wildman–Crippen LogP) is 3.16. The van der Waals surface area contributed by atoms with Crippen molar-refractivity contribution in [1.29, 1.82) is 0 Å². The number of nitrogens with one attached hydrogen (secondary N) is 1. The second-order valence-electron chi connectivity index (χ2n) is 8.97. The molecule has 0 radical (unpaired) electrons. The van der Waals surface area contributed by atoms with Crippen LogP contribution < -0.4 is 0 Å². The molecule has 2 aromatic carbocycles. The van der Waals surface area contributed by atoms with E-state index in [1.807, 2.05) is 0 Å². The van der Waals surface area contributed by atoms with Crippen LogP contribution in [0.4, 0.5) is 0 Å². The summed E-state index contributed by atoms with van der Waals surface area (Å²) < 4.78 is 20.2. The standard InChI is InChI=1S/C30H27NO9/c1-16(32)30(19(27(34)38-3)15-21(33)37-2)25(17-11-7-6-8-12-17)24(29(36)40-5)23(28(35)39-4)22-18-13-9-10-14-20(18)31-26(22)30/h6-15,25,31H,1-5H3/b19-15+. The Bertz CT molecular complexity index is 1600. The third-order valence-electron chi connectivity index (χ3n) is 7.12. The predicted molar refractivity (Wildman–Crippen MR) is 143 cm³/mol. The topological polar surface area (TPSA) is 138 Å². The van der Waals surface area contributed by atoms with Gasteiger partial charge in [-0.1, -0.05) is 48.5 Å². The summed E-state index contributed by atoms with van der Waals surface area (Å²) in [5, 5.41) is 0.471. The van der Waals surface area contributed by atoms with Crippen molar-refractivity contribution in [3.8, 4) is 0 Å². The third-order valence-corrected chi connectivity index (χ3v) is 7.12. The zero-order valence-electron chi connectivity index (χ0n) is 22.5. The van der Waals surface area contributed by atoms with Gasteiger partial charge in [0.05, 0.1) is 45.2 Å². The number of carbonyl (C=O) groups is 5. The minimum Gasteiger partial charge on any atom is -0.466 e. The maximum atomic E-state index is 14.2. The largest absolute Gasteiger partial charge is 0.466 e. The number of hydrogen-bond acceptors (Lipinski definition) is 9. The molecule has 0 fully saturated rings. The number of methoxy groups -OCH3 is 4. The number of ketones is 1. The van der Waals surface area contributed by atoms with E-state index in [2.05, 4.69) is 4.98 Å². The van der Waals surface area contributed by atoms with Crippen molar-refractivity contribution in [3.05, 3.63) is 88.6 Å². The fraction of sp³-hybridized carbons (Fsp3) is 0.233. The van der Waals surface area contributed by atoms with Crippen LogP contribution in [0.2, 0.25) is 0 Å². The lowest BCUT2D eigenvalue weighted by atomic mass is 9.55. The molecule has 10 nitrogen and oxygen atoms in total. The lowest BCUT2D eigenvalue weighted by Gasteiger charge is -2.44. The molecule has 2 unspecified atom stereocenters. The van der Waals surface area contributed by atoms with Crippen LogP contribution in [0.5, 0.6) is 0 Å². The van der Waals surface area contributed by atoms with Gasteiger partial charge < -0.3 is 23.9 Å². The minimum atomic E-state index is -2.09. The van der Waals surface area contributed by atoms with E-state index in [1.165, 1.54) is 14.0 Å². The molecule has 10 heteroatoms. The number of rotatable bonds is 7. The van der Waals surface area contributed by atoms with E-state index < -0.39 is 46.6 Å². The van der Waals surface area contributed by atoms with Gasteiger partial charge in [0.15, 0.2) is 0 Å². The maximum Gasteiger partial charge on any atom is 0.339 e. The van der Waals surface area contributed by atoms with Crippen molar-refractivity contribution in [2.24, 2.45) is 0 Å². The molecule has 0 bridgehead atoms. The SMILES string of the molecule is COC(=O)/C=C(\C(=O)OC)C1(C(C)=O)c2[nH]c3ccccc3c2C(C(=O)OC)=C(C(=O)OC)C1c1ccccc1. The van der Waals surface area contributed by atoms with Gasteiger partial charge in [-0.3, -0.25) is 4.79 Å². The highest BCUT2D eigenvalue weighted by atomic mass is 16.5. The Morgan fingerprint density at radius 3 is 2.00 bits per heavy atom. The molecule has 4 rings (SSSR count). The molecular weight excluding hydrogens is 518 g/mol. The number of carbonyl (C=O) groups excluding carboxylic acids is 5. The number of esters is 4. The van der Waals surface area contributed by atoms with Crippen molar-refractivity contribution >= 4 is 46.1 Å². The van der Waals surface area contributed by atoms with Crippen LogP contribution >= 0.6 is 0 Å². The van der Waals surface area contributed by atoms with Crippen molar-refractivity contribution in [3.63, 3.8) is 0 Å². The first-order valence-electron chi connectivity index (χ1n) is 12.2. The molecule has 0 amide bonds. The van der Waals surface area contributed by atoms with E-state index in [-0.39, 0.29) is 22.4 Å². The molecule has 0 saturated heterocycles. The summed E-state index contributed by atoms with van der Waals surface area (Å²) in [5.41, 5.74) is -1.72. The van der Waals surface area contributed by atoms with Gasteiger partial charge in [0.1, 0.15) is 11.2 Å². The lowest BCUT2D eigenvalue weighted by molar-refractivity contribution is -0.141. The highest BCUT2D eigenvalue weighted by Gasteiger charge is 2.60. The van der Waals surface area contributed by atoms with Gasteiger partial charge in [-0.15, -0.1) is 0 Å². The molecule has 1 aromatic heterocycles. The van der Waals surface area contributed by atoms with E-state index in [0.717, 1.165) is 27.4 Å². The first kappa shape index (κ1) is 28.0. The van der Waals surface area contributed by atoms with Crippen LogP contribution in [0.25, 0.3) is 16.5 Å². The Hall–Kier alpha value is -4.99. The average Bonchev–Trinajstić information content (AvgIpc) is 3.37.